The normalized spacial score (nSPS) is 15.9. The Labute approximate surface area is 163 Å². The number of rotatable bonds is 7. The number of ether oxygens (including phenoxy) is 1. The fraction of sp³-hybridized carbons (Fsp3) is 0.350. The average Bonchev–Trinajstić information content (AvgIpc) is 2.68. The Bertz CT molecular complexity index is 762. The first-order chi connectivity index (χ1) is 13.5. The molecule has 150 valence electrons. The number of nitrogens with two attached hydrogens (primary N) is 1. The lowest BCUT2D eigenvalue weighted by atomic mass is 10.2. The second kappa shape index (κ2) is 9.38. The summed E-state index contributed by atoms with van der Waals surface area (Å²) in [5.41, 5.74) is 6.66. The maximum absolute atomic E-state index is 13.0. The highest BCUT2D eigenvalue weighted by molar-refractivity contribution is 5.87. The van der Waals surface area contributed by atoms with Crippen LogP contribution in [-0.4, -0.2) is 61.5 Å². The Balaban J connectivity index is 1.39. The number of amides is 2. The largest absolute Gasteiger partial charge is 0.491 e. The highest BCUT2D eigenvalue weighted by atomic mass is 19.1. The van der Waals surface area contributed by atoms with Crippen LogP contribution in [0.1, 0.15) is 0 Å². The number of nitrogens with zero attached hydrogens (tertiary/aromatic N) is 2. The molecule has 0 bridgehead atoms. The number of aliphatic hydroxyl groups is 1. The van der Waals surface area contributed by atoms with E-state index in [1.807, 2.05) is 0 Å². The van der Waals surface area contributed by atoms with Crippen LogP contribution in [0.3, 0.4) is 0 Å². The lowest BCUT2D eigenvalue weighted by molar-refractivity contribution is 0.0663. The Hall–Kier alpha value is -2.84. The minimum absolute atomic E-state index is 0.181. The van der Waals surface area contributed by atoms with Crippen molar-refractivity contribution in [3.05, 3.63) is 54.3 Å². The van der Waals surface area contributed by atoms with Gasteiger partial charge in [-0.25, -0.2) is 9.18 Å². The van der Waals surface area contributed by atoms with Gasteiger partial charge in [-0.15, -0.1) is 0 Å². The van der Waals surface area contributed by atoms with Crippen molar-refractivity contribution < 1.29 is 19.0 Å². The molecule has 0 unspecified atom stereocenters. The predicted molar refractivity (Wildman–Crippen MR) is 106 cm³/mol. The molecule has 2 amide bonds. The quantitative estimate of drug-likeness (QED) is 0.674. The summed E-state index contributed by atoms with van der Waals surface area (Å²) in [5.74, 6) is 0.375. The summed E-state index contributed by atoms with van der Waals surface area (Å²) >= 11 is 0. The van der Waals surface area contributed by atoms with Crippen molar-refractivity contribution in [1.29, 1.82) is 0 Å². The molecule has 28 heavy (non-hydrogen) atoms. The van der Waals surface area contributed by atoms with E-state index >= 15 is 0 Å². The molecule has 8 heteroatoms. The molecule has 1 atom stereocenters. The number of benzene rings is 2. The summed E-state index contributed by atoms with van der Waals surface area (Å²) in [4.78, 5) is 15.2. The molecule has 0 aliphatic carbocycles. The van der Waals surface area contributed by atoms with Gasteiger partial charge in [-0.2, -0.15) is 0 Å². The number of carbonyl (C=O) groups is 1. The van der Waals surface area contributed by atoms with E-state index in [4.69, 9.17) is 10.5 Å². The smallest absolute Gasteiger partial charge is 0.316 e. The third-order valence-electron chi connectivity index (χ3n) is 4.60. The third kappa shape index (κ3) is 5.83. The molecule has 2 aromatic carbocycles. The van der Waals surface area contributed by atoms with Crippen LogP contribution in [-0.2, 0) is 0 Å². The van der Waals surface area contributed by atoms with Crippen LogP contribution in [0.25, 0.3) is 0 Å². The van der Waals surface area contributed by atoms with E-state index in [1.54, 1.807) is 36.4 Å². The molecule has 0 radical (unpaired) electrons. The van der Waals surface area contributed by atoms with E-state index in [0.717, 1.165) is 31.9 Å². The zero-order valence-corrected chi connectivity index (χ0v) is 15.6. The Morgan fingerprint density at radius 3 is 2.36 bits per heavy atom. The highest BCUT2D eigenvalue weighted by Crippen LogP contribution is 2.18. The summed E-state index contributed by atoms with van der Waals surface area (Å²) in [7, 11) is 0. The zero-order chi connectivity index (χ0) is 19.9. The first-order valence-electron chi connectivity index (χ1n) is 9.20. The number of primary amides is 1. The van der Waals surface area contributed by atoms with Gasteiger partial charge in [0.2, 0.25) is 0 Å². The van der Waals surface area contributed by atoms with Crippen LogP contribution in [0, 0.1) is 5.82 Å². The molecule has 0 aromatic heterocycles. The van der Waals surface area contributed by atoms with Crippen molar-refractivity contribution in [2.75, 3.05) is 49.5 Å². The molecular formula is C20H25FN4O3. The number of aliphatic hydroxyl groups excluding tert-OH is 1. The van der Waals surface area contributed by atoms with E-state index in [2.05, 4.69) is 15.1 Å². The first kappa shape index (κ1) is 19.9. The van der Waals surface area contributed by atoms with Crippen molar-refractivity contribution in [3.63, 3.8) is 0 Å². The summed E-state index contributed by atoms with van der Waals surface area (Å²) in [6.45, 7) is 4.00. The lowest BCUT2D eigenvalue weighted by Crippen LogP contribution is -2.49. The second-order valence-corrected chi connectivity index (χ2v) is 6.74. The topological polar surface area (TPSA) is 91.1 Å². The zero-order valence-electron chi connectivity index (χ0n) is 15.6. The number of piperazine rings is 1. The molecule has 1 aliphatic heterocycles. The van der Waals surface area contributed by atoms with Gasteiger partial charge in [0.25, 0.3) is 0 Å². The summed E-state index contributed by atoms with van der Waals surface area (Å²) in [6, 6.07) is 12.7. The number of carbonyl (C=O) groups excluding carboxylic acids is 1. The molecule has 7 nitrogen and oxygen atoms in total. The van der Waals surface area contributed by atoms with Crippen LogP contribution in [0.4, 0.5) is 20.6 Å². The van der Waals surface area contributed by atoms with E-state index in [1.165, 1.54) is 12.1 Å². The third-order valence-corrected chi connectivity index (χ3v) is 4.60. The molecule has 1 saturated heterocycles. The minimum atomic E-state index is -0.622. The van der Waals surface area contributed by atoms with Crippen LogP contribution in [0.15, 0.2) is 48.5 Å². The maximum atomic E-state index is 13.0. The van der Waals surface area contributed by atoms with Crippen molar-refractivity contribution in [2.24, 2.45) is 5.73 Å². The molecule has 4 N–H and O–H groups in total. The first-order valence-corrected chi connectivity index (χ1v) is 9.20. The van der Waals surface area contributed by atoms with E-state index in [-0.39, 0.29) is 12.4 Å². The van der Waals surface area contributed by atoms with Gasteiger partial charge in [0, 0.05) is 44.1 Å². The number of urea groups is 1. The van der Waals surface area contributed by atoms with Gasteiger partial charge in [-0.1, -0.05) is 0 Å². The Morgan fingerprint density at radius 1 is 1.11 bits per heavy atom. The van der Waals surface area contributed by atoms with Crippen LogP contribution in [0.2, 0.25) is 0 Å². The van der Waals surface area contributed by atoms with Crippen molar-refractivity contribution in [1.82, 2.24) is 4.90 Å². The highest BCUT2D eigenvalue weighted by Gasteiger charge is 2.19. The van der Waals surface area contributed by atoms with Crippen molar-refractivity contribution in [3.8, 4) is 5.75 Å². The lowest BCUT2D eigenvalue weighted by Gasteiger charge is -2.36. The van der Waals surface area contributed by atoms with Crippen LogP contribution >= 0.6 is 0 Å². The van der Waals surface area contributed by atoms with Crippen molar-refractivity contribution >= 4 is 17.4 Å². The second-order valence-electron chi connectivity index (χ2n) is 6.74. The Kier molecular flexibility index (Phi) is 6.67. The Morgan fingerprint density at radius 2 is 1.75 bits per heavy atom. The number of hydrogen-bond acceptors (Lipinski definition) is 5. The molecule has 0 saturated carbocycles. The van der Waals surface area contributed by atoms with Gasteiger partial charge < -0.3 is 25.8 Å². The van der Waals surface area contributed by atoms with E-state index in [9.17, 15) is 14.3 Å². The SMILES string of the molecule is NC(=O)Nc1ccc(OC[C@H](O)CN2CCN(c3ccc(F)cc3)CC2)cc1. The van der Waals surface area contributed by atoms with Gasteiger partial charge in [-0.05, 0) is 48.5 Å². The average molecular weight is 388 g/mol. The van der Waals surface area contributed by atoms with Crippen LogP contribution < -0.4 is 20.7 Å². The van der Waals surface area contributed by atoms with Gasteiger partial charge in [-0.3, -0.25) is 4.90 Å². The van der Waals surface area contributed by atoms with E-state index in [0.29, 0.717) is 18.0 Å². The molecule has 2 aromatic rings. The van der Waals surface area contributed by atoms with E-state index < -0.39 is 12.1 Å². The molecule has 1 fully saturated rings. The van der Waals surface area contributed by atoms with Gasteiger partial charge in [0.15, 0.2) is 0 Å². The minimum Gasteiger partial charge on any atom is -0.491 e. The maximum Gasteiger partial charge on any atom is 0.316 e. The number of hydrogen-bond donors (Lipinski definition) is 3. The summed E-state index contributed by atoms with van der Waals surface area (Å²) < 4.78 is 18.6. The standard InChI is InChI=1S/C20H25FN4O3/c21-15-1-5-17(6-2-15)25-11-9-24(10-12-25)13-18(26)14-28-19-7-3-16(4-8-19)23-20(22)27/h1-8,18,26H,9-14H2,(H3,22,23,27)/t18-/m1/s1. The fourth-order valence-corrected chi connectivity index (χ4v) is 3.16. The fourth-order valence-electron chi connectivity index (χ4n) is 3.16. The molecule has 0 spiro atoms. The summed E-state index contributed by atoms with van der Waals surface area (Å²) in [5, 5.41) is 12.7. The number of anilines is 2. The molecular weight excluding hydrogens is 363 g/mol. The predicted octanol–water partition coefficient (Wildman–Crippen LogP) is 1.88. The monoisotopic (exact) mass is 388 g/mol. The summed E-state index contributed by atoms with van der Waals surface area (Å²) in [6.07, 6.45) is -0.610. The number of β-amino-alcohol motifs (C(OH)–C–C–N with tert-alkyl or cyclic N) is 1. The van der Waals surface area contributed by atoms with Crippen molar-refractivity contribution in [2.45, 2.75) is 6.10 Å². The number of halogens is 1. The number of nitrogens with one attached hydrogen (secondary N) is 1. The van der Waals surface area contributed by atoms with Gasteiger partial charge in [0.05, 0.1) is 0 Å². The molecule has 3 rings (SSSR count). The molecule has 1 aliphatic rings. The van der Waals surface area contributed by atoms with Crippen LogP contribution in [0.5, 0.6) is 5.75 Å². The van der Waals surface area contributed by atoms with Gasteiger partial charge >= 0.3 is 6.03 Å². The van der Waals surface area contributed by atoms with Gasteiger partial charge in [0.1, 0.15) is 24.3 Å². The molecule has 1 heterocycles.